The van der Waals surface area contributed by atoms with Gasteiger partial charge in [0.25, 0.3) is 0 Å². The van der Waals surface area contributed by atoms with Gasteiger partial charge < -0.3 is 14.4 Å². The van der Waals surface area contributed by atoms with Crippen LogP contribution in [-0.2, 0) is 6.54 Å². The van der Waals surface area contributed by atoms with E-state index in [9.17, 15) is 13.9 Å². The van der Waals surface area contributed by atoms with Gasteiger partial charge >= 0.3 is 0 Å². The Morgan fingerprint density at radius 2 is 1.92 bits per heavy atom. The van der Waals surface area contributed by atoms with E-state index in [1.807, 2.05) is 28.8 Å². The SMILES string of the molecule is OC(COc1c(F)cc(Br)cc1F)Cn1c(C2CC2)nc2ccccc21. The van der Waals surface area contributed by atoms with Crippen LogP contribution in [-0.4, -0.2) is 27.4 Å². The minimum Gasteiger partial charge on any atom is -0.485 e. The molecule has 1 unspecified atom stereocenters. The number of ether oxygens (including phenoxy) is 1. The summed E-state index contributed by atoms with van der Waals surface area (Å²) < 4.78 is 35.1. The van der Waals surface area contributed by atoms with Gasteiger partial charge in [0.2, 0.25) is 0 Å². The molecular formula is C19H17BrF2N2O2. The zero-order chi connectivity index (χ0) is 18.3. The van der Waals surface area contributed by atoms with E-state index in [4.69, 9.17) is 4.74 Å². The number of hydrogen-bond acceptors (Lipinski definition) is 3. The van der Waals surface area contributed by atoms with E-state index in [-0.39, 0.29) is 13.2 Å². The molecule has 7 heteroatoms. The molecule has 0 bridgehead atoms. The molecule has 1 aliphatic rings. The number of aliphatic hydroxyl groups excluding tert-OH is 1. The summed E-state index contributed by atoms with van der Waals surface area (Å²) in [4.78, 5) is 4.67. The predicted octanol–water partition coefficient (Wildman–Crippen LogP) is 4.39. The Balaban J connectivity index is 1.51. The van der Waals surface area contributed by atoms with Gasteiger partial charge in [-0.25, -0.2) is 13.8 Å². The van der Waals surface area contributed by atoms with E-state index in [0.29, 0.717) is 10.4 Å². The lowest BCUT2D eigenvalue weighted by molar-refractivity contribution is 0.0885. The Morgan fingerprint density at radius 1 is 1.23 bits per heavy atom. The van der Waals surface area contributed by atoms with Crippen molar-refractivity contribution < 1.29 is 18.6 Å². The van der Waals surface area contributed by atoms with Gasteiger partial charge in [-0.15, -0.1) is 0 Å². The van der Waals surface area contributed by atoms with Crippen LogP contribution in [0.3, 0.4) is 0 Å². The highest BCUT2D eigenvalue weighted by molar-refractivity contribution is 9.10. The summed E-state index contributed by atoms with van der Waals surface area (Å²) in [6.45, 7) is 0.0399. The number of para-hydroxylation sites is 2. The Labute approximate surface area is 157 Å². The number of imidazole rings is 1. The molecule has 1 aliphatic carbocycles. The molecular weight excluding hydrogens is 406 g/mol. The monoisotopic (exact) mass is 422 g/mol. The van der Waals surface area contributed by atoms with Crippen molar-refractivity contribution in [2.24, 2.45) is 0 Å². The van der Waals surface area contributed by atoms with Crippen LogP contribution in [0.1, 0.15) is 24.6 Å². The second-order valence-electron chi connectivity index (χ2n) is 6.51. The summed E-state index contributed by atoms with van der Waals surface area (Å²) in [5, 5.41) is 10.4. The molecule has 1 saturated carbocycles. The zero-order valence-corrected chi connectivity index (χ0v) is 15.4. The molecule has 0 amide bonds. The summed E-state index contributed by atoms with van der Waals surface area (Å²) in [5.41, 5.74) is 1.82. The summed E-state index contributed by atoms with van der Waals surface area (Å²) >= 11 is 3.02. The van der Waals surface area contributed by atoms with Gasteiger partial charge in [-0.05, 0) is 37.1 Å². The first-order valence-electron chi connectivity index (χ1n) is 8.43. The molecule has 1 aromatic heterocycles. The van der Waals surface area contributed by atoms with Gasteiger partial charge in [0.1, 0.15) is 18.5 Å². The van der Waals surface area contributed by atoms with Gasteiger partial charge in [0, 0.05) is 10.4 Å². The first-order valence-corrected chi connectivity index (χ1v) is 9.23. The molecule has 0 spiro atoms. The fourth-order valence-electron chi connectivity index (χ4n) is 3.05. The van der Waals surface area contributed by atoms with Crippen molar-refractivity contribution >= 4 is 27.0 Å². The third-order valence-corrected chi connectivity index (χ3v) is 4.86. The number of aliphatic hydroxyl groups is 1. The van der Waals surface area contributed by atoms with Gasteiger partial charge in [-0.2, -0.15) is 0 Å². The fraction of sp³-hybridized carbons (Fsp3) is 0.316. The molecule has 136 valence electrons. The van der Waals surface area contributed by atoms with E-state index in [1.54, 1.807) is 0 Å². The largest absolute Gasteiger partial charge is 0.485 e. The minimum absolute atomic E-state index is 0.216. The summed E-state index contributed by atoms with van der Waals surface area (Å²) in [6, 6.07) is 9.99. The van der Waals surface area contributed by atoms with Crippen LogP contribution in [0.5, 0.6) is 5.75 Å². The molecule has 1 fully saturated rings. The van der Waals surface area contributed by atoms with Crippen molar-refractivity contribution in [1.29, 1.82) is 0 Å². The normalized spacial score (nSPS) is 15.4. The van der Waals surface area contributed by atoms with Gasteiger partial charge in [0.05, 0.1) is 17.6 Å². The fourth-order valence-corrected chi connectivity index (χ4v) is 3.45. The average Bonchev–Trinajstić information content (AvgIpc) is 3.37. The number of benzene rings is 2. The molecule has 1 atom stereocenters. The van der Waals surface area contributed by atoms with Crippen LogP contribution in [0.25, 0.3) is 11.0 Å². The van der Waals surface area contributed by atoms with E-state index >= 15 is 0 Å². The highest BCUT2D eigenvalue weighted by Gasteiger charge is 2.30. The van der Waals surface area contributed by atoms with Crippen molar-refractivity contribution in [3.63, 3.8) is 0 Å². The van der Waals surface area contributed by atoms with Gasteiger partial charge in [-0.3, -0.25) is 0 Å². The number of fused-ring (bicyclic) bond motifs is 1. The van der Waals surface area contributed by atoms with E-state index in [2.05, 4.69) is 20.9 Å². The first-order chi connectivity index (χ1) is 12.5. The van der Waals surface area contributed by atoms with Crippen molar-refractivity contribution in [3.05, 3.63) is 58.3 Å². The van der Waals surface area contributed by atoms with Crippen LogP contribution in [0.15, 0.2) is 40.9 Å². The van der Waals surface area contributed by atoms with Crippen LogP contribution in [0, 0.1) is 11.6 Å². The quantitative estimate of drug-likeness (QED) is 0.640. The Kier molecular flexibility index (Phi) is 4.67. The van der Waals surface area contributed by atoms with Crippen LogP contribution in [0.4, 0.5) is 8.78 Å². The average molecular weight is 423 g/mol. The molecule has 1 heterocycles. The predicted molar refractivity (Wildman–Crippen MR) is 97.3 cm³/mol. The van der Waals surface area contributed by atoms with Gasteiger partial charge in [-0.1, -0.05) is 28.1 Å². The lowest BCUT2D eigenvalue weighted by Crippen LogP contribution is -2.25. The van der Waals surface area contributed by atoms with Crippen LogP contribution >= 0.6 is 15.9 Å². The zero-order valence-electron chi connectivity index (χ0n) is 13.8. The molecule has 26 heavy (non-hydrogen) atoms. The van der Waals surface area contributed by atoms with E-state index < -0.39 is 23.5 Å². The van der Waals surface area contributed by atoms with E-state index in [1.165, 1.54) is 0 Å². The van der Waals surface area contributed by atoms with E-state index in [0.717, 1.165) is 41.8 Å². The third-order valence-electron chi connectivity index (χ3n) is 4.40. The minimum atomic E-state index is -0.924. The topological polar surface area (TPSA) is 47.3 Å². The van der Waals surface area contributed by atoms with Crippen molar-refractivity contribution in [2.75, 3.05) is 6.61 Å². The Morgan fingerprint density at radius 3 is 2.62 bits per heavy atom. The highest BCUT2D eigenvalue weighted by Crippen LogP contribution is 2.40. The standard InChI is InChI=1S/C19H17BrF2N2O2/c20-12-7-14(21)18(15(22)8-12)26-10-13(25)9-24-17-4-2-1-3-16(17)23-19(24)11-5-6-11/h1-4,7-8,11,13,25H,5-6,9-10H2. The molecule has 2 aromatic carbocycles. The molecule has 0 saturated heterocycles. The number of rotatable bonds is 6. The molecule has 4 rings (SSSR count). The lowest BCUT2D eigenvalue weighted by atomic mass is 10.3. The van der Waals surface area contributed by atoms with Crippen molar-refractivity contribution in [1.82, 2.24) is 9.55 Å². The smallest absolute Gasteiger partial charge is 0.190 e. The van der Waals surface area contributed by atoms with Crippen LogP contribution in [0.2, 0.25) is 0 Å². The first kappa shape index (κ1) is 17.4. The Bertz CT molecular complexity index is 933. The molecule has 0 aliphatic heterocycles. The summed E-state index contributed by atoms with van der Waals surface area (Å²) in [5.74, 6) is -0.736. The lowest BCUT2D eigenvalue weighted by Gasteiger charge is -2.16. The summed E-state index contributed by atoms with van der Waals surface area (Å²) in [7, 11) is 0. The maximum Gasteiger partial charge on any atom is 0.190 e. The maximum atomic E-state index is 13.8. The van der Waals surface area contributed by atoms with Crippen molar-refractivity contribution in [2.45, 2.75) is 31.4 Å². The second-order valence-corrected chi connectivity index (χ2v) is 7.42. The third kappa shape index (κ3) is 3.46. The molecule has 3 aromatic rings. The second kappa shape index (κ2) is 6.96. The number of aromatic nitrogens is 2. The maximum absolute atomic E-state index is 13.8. The molecule has 0 radical (unpaired) electrons. The number of halogens is 3. The summed E-state index contributed by atoms with van der Waals surface area (Å²) in [6.07, 6.45) is 1.25. The Hall–Kier alpha value is -1.99. The van der Waals surface area contributed by atoms with Crippen LogP contribution < -0.4 is 4.74 Å². The van der Waals surface area contributed by atoms with Gasteiger partial charge in [0.15, 0.2) is 17.4 Å². The molecule has 4 nitrogen and oxygen atoms in total. The number of nitrogens with zero attached hydrogens (tertiary/aromatic N) is 2. The number of hydrogen-bond donors (Lipinski definition) is 1. The molecule has 1 N–H and O–H groups in total. The highest BCUT2D eigenvalue weighted by atomic mass is 79.9. The van der Waals surface area contributed by atoms with Crippen molar-refractivity contribution in [3.8, 4) is 5.75 Å².